The first-order valence-electron chi connectivity index (χ1n) is 8.30. The quantitative estimate of drug-likeness (QED) is 0.802. The predicted octanol–water partition coefficient (Wildman–Crippen LogP) is 2.78. The van der Waals surface area contributed by atoms with Gasteiger partial charge in [-0.1, -0.05) is 42.4 Å². The fourth-order valence-electron chi connectivity index (χ4n) is 3.19. The van der Waals surface area contributed by atoms with Crippen molar-refractivity contribution in [1.82, 2.24) is 25.2 Å². The number of hydrogen-bond donors (Lipinski definition) is 1. The lowest BCUT2D eigenvalue weighted by Gasteiger charge is -2.30. The van der Waals surface area contributed by atoms with Gasteiger partial charge in [-0.25, -0.2) is 0 Å². The lowest BCUT2D eigenvalue weighted by Crippen LogP contribution is -2.38. The Morgan fingerprint density at radius 1 is 1.17 bits per heavy atom. The molecule has 1 N–H and O–H groups in total. The third kappa shape index (κ3) is 2.63. The summed E-state index contributed by atoms with van der Waals surface area (Å²) in [6.45, 7) is 4.19. The maximum Gasteiger partial charge on any atom is 0.276 e. The van der Waals surface area contributed by atoms with Crippen LogP contribution >= 0.6 is 0 Å². The molecular formula is C18H21N5O. The summed E-state index contributed by atoms with van der Waals surface area (Å²) in [6.07, 6.45) is 2.04. The predicted molar refractivity (Wildman–Crippen MR) is 91.4 cm³/mol. The van der Waals surface area contributed by atoms with Crippen molar-refractivity contribution < 1.29 is 4.52 Å². The van der Waals surface area contributed by atoms with E-state index in [1.165, 1.54) is 0 Å². The van der Waals surface area contributed by atoms with Crippen LogP contribution in [-0.4, -0.2) is 33.0 Å². The molecule has 0 spiro atoms. The number of rotatable bonds is 3. The van der Waals surface area contributed by atoms with Crippen LogP contribution < -0.4 is 5.32 Å². The standard InChI is InChI=1S/C18H21N5O/c1-18(8-10-19-11-9-18)17-20-16(24-22-17)15-12-14(21-23(15)2)13-6-4-3-5-7-13/h3-7,12,19H,8-11H2,1-2H3. The summed E-state index contributed by atoms with van der Waals surface area (Å²) in [6, 6.07) is 12.1. The van der Waals surface area contributed by atoms with Gasteiger partial charge in [0.25, 0.3) is 5.89 Å². The number of aryl methyl sites for hydroxylation is 1. The van der Waals surface area contributed by atoms with Gasteiger partial charge in [-0.2, -0.15) is 10.1 Å². The number of nitrogens with zero attached hydrogens (tertiary/aromatic N) is 4. The minimum atomic E-state index is -0.0200. The lowest BCUT2D eigenvalue weighted by atomic mass is 9.80. The van der Waals surface area contributed by atoms with Crippen LogP contribution in [0.4, 0.5) is 0 Å². The summed E-state index contributed by atoms with van der Waals surface area (Å²) < 4.78 is 7.35. The van der Waals surface area contributed by atoms with Gasteiger partial charge in [-0.05, 0) is 32.0 Å². The van der Waals surface area contributed by atoms with Gasteiger partial charge in [-0.3, -0.25) is 4.68 Å². The third-order valence-corrected chi connectivity index (χ3v) is 4.84. The van der Waals surface area contributed by atoms with E-state index in [-0.39, 0.29) is 5.41 Å². The van der Waals surface area contributed by atoms with Gasteiger partial charge in [0.1, 0.15) is 5.69 Å². The first-order chi connectivity index (χ1) is 11.7. The highest BCUT2D eigenvalue weighted by Crippen LogP contribution is 2.32. The number of piperidine rings is 1. The van der Waals surface area contributed by atoms with E-state index in [1.54, 1.807) is 4.68 Å². The van der Waals surface area contributed by atoms with Crippen molar-refractivity contribution in [2.45, 2.75) is 25.2 Å². The van der Waals surface area contributed by atoms with Crippen molar-refractivity contribution in [3.63, 3.8) is 0 Å². The smallest absolute Gasteiger partial charge is 0.276 e. The molecule has 0 saturated carbocycles. The highest BCUT2D eigenvalue weighted by Gasteiger charge is 2.34. The summed E-state index contributed by atoms with van der Waals surface area (Å²) in [4.78, 5) is 4.68. The molecule has 24 heavy (non-hydrogen) atoms. The summed E-state index contributed by atoms with van der Waals surface area (Å²) in [5.74, 6) is 1.32. The molecule has 1 fully saturated rings. The van der Waals surface area contributed by atoms with Crippen LogP contribution in [0.25, 0.3) is 22.8 Å². The van der Waals surface area contributed by atoms with Gasteiger partial charge >= 0.3 is 0 Å². The molecule has 4 rings (SSSR count). The molecule has 3 aromatic rings. The maximum absolute atomic E-state index is 5.56. The number of hydrogen-bond acceptors (Lipinski definition) is 5. The van der Waals surface area contributed by atoms with E-state index in [0.29, 0.717) is 5.89 Å². The molecule has 0 aliphatic carbocycles. The molecule has 0 radical (unpaired) electrons. The molecule has 6 heteroatoms. The van der Waals surface area contributed by atoms with E-state index in [9.17, 15) is 0 Å². The second-order valence-corrected chi connectivity index (χ2v) is 6.64. The Morgan fingerprint density at radius 2 is 1.92 bits per heavy atom. The Kier molecular flexibility index (Phi) is 3.69. The SMILES string of the molecule is Cn1nc(-c2ccccc2)cc1-c1nc(C2(C)CCNCC2)no1. The van der Waals surface area contributed by atoms with Crippen LogP contribution in [-0.2, 0) is 12.5 Å². The fraction of sp³-hybridized carbons (Fsp3) is 0.389. The second kappa shape index (κ2) is 5.87. The van der Waals surface area contributed by atoms with Crippen molar-refractivity contribution in [1.29, 1.82) is 0 Å². The van der Waals surface area contributed by atoms with Gasteiger partial charge in [0.2, 0.25) is 0 Å². The highest BCUT2D eigenvalue weighted by molar-refractivity contribution is 5.64. The fourth-order valence-corrected chi connectivity index (χ4v) is 3.19. The summed E-state index contributed by atoms with van der Waals surface area (Å²) in [7, 11) is 1.90. The van der Waals surface area contributed by atoms with Crippen LogP contribution in [0, 0.1) is 0 Å². The first-order valence-corrected chi connectivity index (χ1v) is 8.30. The van der Waals surface area contributed by atoms with Crippen molar-refractivity contribution in [2.75, 3.05) is 13.1 Å². The second-order valence-electron chi connectivity index (χ2n) is 6.64. The Bertz CT molecular complexity index is 830. The molecule has 6 nitrogen and oxygen atoms in total. The summed E-state index contributed by atoms with van der Waals surface area (Å²) in [5, 5.41) is 12.2. The van der Waals surface area contributed by atoms with Crippen molar-refractivity contribution in [2.24, 2.45) is 7.05 Å². The molecule has 0 atom stereocenters. The Hall–Kier alpha value is -2.47. The summed E-state index contributed by atoms with van der Waals surface area (Å²) in [5.41, 5.74) is 2.80. The topological polar surface area (TPSA) is 68.8 Å². The minimum absolute atomic E-state index is 0.0200. The lowest BCUT2D eigenvalue weighted by molar-refractivity contribution is 0.303. The van der Waals surface area contributed by atoms with Gasteiger partial charge in [0.15, 0.2) is 5.82 Å². The highest BCUT2D eigenvalue weighted by atomic mass is 16.5. The molecule has 0 bridgehead atoms. The molecule has 0 unspecified atom stereocenters. The monoisotopic (exact) mass is 323 g/mol. The molecular weight excluding hydrogens is 302 g/mol. The van der Waals surface area contributed by atoms with E-state index in [2.05, 4.69) is 27.5 Å². The number of aromatic nitrogens is 4. The zero-order chi connectivity index (χ0) is 16.6. The molecule has 124 valence electrons. The zero-order valence-electron chi connectivity index (χ0n) is 14.0. The van der Waals surface area contributed by atoms with Crippen molar-refractivity contribution in [3.05, 3.63) is 42.2 Å². The minimum Gasteiger partial charge on any atom is -0.332 e. The Balaban J connectivity index is 1.67. The molecule has 1 aliphatic rings. The van der Waals surface area contributed by atoms with E-state index < -0.39 is 0 Å². The van der Waals surface area contributed by atoms with Gasteiger partial charge in [0, 0.05) is 18.0 Å². The number of benzene rings is 1. The molecule has 2 aromatic heterocycles. The van der Waals surface area contributed by atoms with Crippen LogP contribution in [0.3, 0.4) is 0 Å². The van der Waals surface area contributed by atoms with Crippen LogP contribution in [0.1, 0.15) is 25.6 Å². The van der Waals surface area contributed by atoms with Crippen molar-refractivity contribution >= 4 is 0 Å². The summed E-state index contributed by atoms with van der Waals surface area (Å²) >= 11 is 0. The van der Waals surface area contributed by atoms with Gasteiger partial charge in [0.05, 0.1) is 5.69 Å². The molecule has 0 amide bonds. The molecule has 1 aliphatic heterocycles. The third-order valence-electron chi connectivity index (χ3n) is 4.84. The molecule has 1 aromatic carbocycles. The maximum atomic E-state index is 5.56. The van der Waals surface area contributed by atoms with E-state index in [0.717, 1.165) is 48.7 Å². The van der Waals surface area contributed by atoms with Gasteiger partial charge in [-0.15, -0.1) is 0 Å². The van der Waals surface area contributed by atoms with E-state index in [1.807, 2.05) is 43.4 Å². The zero-order valence-corrected chi connectivity index (χ0v) is 14.0. The van der Waals surface area contributed by atoms with Gasteiger partial charge < -0.3 is 9.84 Å². The van der Waals surface area contributed by atoms with Crippen molar-refractivity contribution in [3.8, 4) is 22.8 Å². The first kappa shape index (κ1) is 15.1. The van der Waals surface area contributed by atoms with Crippen LogP contribution in [0.5, 0.6) is 0 Å². The average Bonchev–Trinajstić information content (AvgIpc) is 3.23. The average molecular weight is 323 g/mol. The number of nitrogens with one attached hydrogen (secondary N) is 1. The Labute approximate surface area is 140 Å². The van der Waals surface area contributed by atoms with Crippen LogP contribution in [0.2, 0.25) is 0 Å². The van der Waals surface area contributed by atoms with Crippen LogP contribution in [0.15, 0.2) is 40.9 Å². The molecule has 3 heterocycles. The van der Waals surface area contributed by atoms with E-state index in [4.69, 9.17) is 4.52 Å². The Morgan fingerprint density at radius 3 is 2.67 bits per heavy atom. The normalized spacial score (nSPS) is 17.1. The largest absolute Gasteiger partial charge is 0.332 e. The molecule has 1 saturated heterocycles. The van der Waals surface area contributed by atoms with E-state index >= 15 is 0 Å².